The Kier molecular flexibility index (Phi) is 6.50. The van der Waals surface area contributed by atoms with E-state index in [1.54, 1.807) is 4.31 Å². The molecule has 0 heterocycles. The minimum Gasteiger partial charge on any atom is -0.398 e. The zero-order valence-corrected chi connectivity index (χ0v) is 14.7. The van der Waals surface area contributed by atoms with Crippen LogP contribution in [-0.2, 0) is 10.0 Å². The summed E-state index contributed by atoms with van der Waals surface area (Å²) in [6.07, 6.45) is 1.57. The van der Waals surface area contributed by atoms with Crippen LogP contribution in [0.5, 0.6) is 0 Å². The lowest BCUT2D eigenvalue weighted by Crippen LogP contribution is -2.41. The Morgan fingerprint density at radius 3 is 2.24 bits per heavy atom. The number of hydrogen-bond acceptors (Lipinski definition) is 3. The van der Waals surface area contributed by atoms with Crippen molar-refractivity contribution in [3.63, 3.8) is 0 Å². The van der Waals surface area contributed by atoms with Crippen molar-refractivity contribution in [2.45, 2.75) is 51.5 Å². The first-order valence-electron chi connectivity index (χ1n) is 7.30. The molecule has 0 spiro atoms. The van der Waals surface area contributed by atoms with E-state index in [1.165, 1.54) is 18.2 Å². The van der Waals surface area contributed by atoms with Gasteiger partial charge in [0.2, 0.25) is 10.0 Å². The van der Waals surface area contributed by atoms with Gasteiger partial charge < -0.3 is 5.73 Å². The van der Waals surface area contributed by atoms with E-state index in [-0.39, 0.29) is 21.9 Å². The molecule has 0 aromatic heterocycles. The number of nitrogen functional groups attached to an aromatic ring is 1. The SMILES string of the molecule is CCC(CC)N(CC(C)C)S(=O)(=O)c1ccc(N)c(Cl)c1. The molecular formula is C15H25ClN2O2S. The number of sulfonamides is 1. The summed E-state index contributed by atoms with van der Waals surface area (Å²) in [5.41, 5.74) is 6.04. The monoisotopic (exact) mass is 332 g/mol. The van der Waals surface area contributed by atoms with Crippen LogP contribution in [0.15, 0.2) is 23.1 Å². The van der Waals surface area contributed by atoms with Gasteiger partial charge in [0.1, 0.15) is 0 Å². The van der Waals surface area contributed by atoms with E-state index in [2.05, 4.69) is 0 Å². The molecule has 0 atom stereocenters. The standard InChI is InChI=1S/C15H25ClN2O2S/c1-5-12(6-2)18(10-11(3)4)21(19,20)13-7-8-15(17)14(16)9-13/h7-9,11-12H,5-6,10,17H2,1-4H3. The average Bonchev–Trinajstić information content (AvgIpc) is 2.41. The number of hydrogen-bond donors (Lipinski definition) is 1. The molecule has 120 valence electrons. The Morgan fingerprint density at radius 1 is 1.24 bits per heavy atom. The van der Waals surface area contributed by atoms with E-state index < -0.39 is 10.0 Å². The molecule has 4 nitrogen and oxygen atoms in total. The van der Waals surface area contributed by atoms with Crippen molar-refractivity contribution in [2.24, 2.45) is 5.92 Å². The summed E-state index contributed by atoms with van der Waals surface area (Å²) in [6.45, 7) is 8.54. The van der Waals surface area contributed by atoms with Crippen molar-refractivity contribution in [1.29, 1.82) is 0 Å². The van der Waals surface area contributed by atoms with E-state index in [9.17, 15) is 8.42 Å². The van der Waals surface area contributed by atoms with Gasteiger partial charge in [0.15, 0.2) is 0 Å². The number of benzene rings is 1. The molecule has 1 aromatic carbocycles. The molecule has 0 saturated carbocycles. The van der Waals surface area contributed by atoms with Gasteiger partial charge in [-0.05, 0) is 37.0 Å². The second-order valence-corrected chi connectivity index (χ2v) is 7.92. The van der Waals surface area contributed by atoms with Crippen LogP contribution in [0.4, 0.5) is 5.69 Å². The zero-order chi connectivity index (χ0) is 16.2. The smallest absolute Gasteiger partial charge is 0.243 e. The molecule has 1 aromatic rings. The lowest BCUT2D eigenvalue weighted by atomic mass is 10.1. The molecule has 0 aliphatic heterocycles. The highest BCUT2D eigenvalue weighted by Gasteiger charge is 2.30. The summed E-state index contributed by atoms with van der Waals surface area (Å²) in [5, 5.41) is 0.269. The molecule has 0 aliphatic rings. The van der Waals surface area contributed by atoms with Crippen LogP contribution in [0.3, 0.4) is 0 Å². The summed E-state index contributed by atoms with van der Waals surface area (Å²) in [6, 6.07) is 4.48. The Morgan fingerprint density at radius 2 is 1.81 bits per heavy atom. The number of halogens is 1. The highest BCUT2D eigenvalue weighted by Crippen LogP contribution is 2.27. The van der Waals surface area contributed by atoms with Gasteiger partial charge in [-0.2, -0.15) is 4.31 Å². The molecule has 0 unspecified atom stereocenters. The molecule has 0 saturated heterocycles. The summed E-state index contributed by atoms with van der Waals surface area (Å²) in [4.78, 5) is 0.203. The number of rotatable bonds is 7. The number of nitrogens with zero attached hydrogens (tertiary/aromatic N) is 1. The van der Waals surface area contributed by atoms with Crippen molar-refractivity contribution in [2.75, 3.05) is 12.3 Å². The van der Waals surface area contributed by atoms with Crippen LogP contribution >= 0.6 is 11.6 Å². The zero-order valence-electron chi connectivity index (χ0n) is 13.1. The fraction of sp³-hybridized carbons (Fsp3) is 0.600. The van der Waals surface area contributed by atoms with E-state index in [1.807, 2.05) is 27.7 Å². The second kappa shape index (κ2) is 7.47. The highest BCUT2D eigenvalue weighted by molar-refractivity contribution is 7.89. The van der Waals surface area contributed by atoms with Gasteiger partial charge in [-0.3, -0.25) is 0 Å². The molecular weight excluding hydrogens is 308 g/mol. The van der Waals surface area contributed by atoms with Crippen LogP contribution in [0.25, 0.3) is 0 Å². The molecule has 0 radical (unpaired) electrons. The summed E-state index contributed by atoms with van der Waals surface area (Å²) < 4.78 is 27.4. The quantitative estimate of drug-likeness (QED) is 0.773. The molecule has 0 amide bonds. The van der Waals surface area contributed by atoms with Crippen LogP contribution in [0, 0.1) is 5.92 Å². The fourth-order valence-corrected chi connectivity index (χ4v) is 4.51. The van der Waals surface area contributed by atoms with Crippen LogP contribution < -0.4 is 5.73 Å². The molecule has 2 N–H and O–H groups in total. The lowest BCUT2D eigenvalue weighted by molar-refractivity contribution is 0.277. The summed E-state index contributed by atoms with van der Waals surface area (Å²) in [7, 11) is -3.57. The van der Waals surface area contributed by atoms with Gasteiger partial charge in [-0.15, -0.1) is 0 Å². The normalized spacial score (nSPS) is 12.6. The maximum atomic E-state index is 12.9. The van der Waals surface area contributed by atoms with Gasteiger partial charge in [0.05, 0.1) is 15.6 Å². The van der Waals surface area contributed by atoms with Gasteiger partial charge in [0, 0.05) is 12.6 Å². The third-order valence-corrected chi connectivity index (χ3v) is 5.72. The van der Waals surface area contributed by atoms with Crippen molar-refractivity contribution >= 4 is 27.3 Å². The van der Waals surface area contributed by atoms with Crippen molar-refractivity contribution in [3.05, 3.63) is 23.2 Å². The Bertz CT molecular complexity index is 569. The molecule has 0 bridgehead atoms. The molecule has 6 heteroatoms. The van der Waals surface area contributed by atoms with Crippen LogP contribution in [0.2, 0.25) is 5.02 Å². The third-order valence-electron chi connectivity index (χ3n) is 3.47. The number of anilines is 1. The minimum atomic E-state index is -3.57. The van der Waals surface area contributed by atoms with Gasteiger partial charge >= 0.3 is 0 Å². The van der Waals surface area contributed by atoms with Crippen LogP contribution in [0.1, 0.15) is 40.5 Å². The summed E-state index contributed by atoms with van der Waals surface area (Å²) >= 11 is 5.97. The minimum absolute atomic E-state index is 0.00581. The largest absolute Gasteiger partial charge is 0.398 e. The first kappa shape index (κ1) is 18.3. The lowest BCUT2D eigenvalue weighted by Gasteiger charge is -2.31. The average molecular weight is 333 g/mol. The third kappa shape index (κ3) is 4.34. The first-order valence-corrected chi connectivity index (χ1v) is 9.12. The Hall–Kier alpha value is -0.780. The fourth-order valence-electron chi connectivity index (χ4n) is 2.30. The highest BCUT2D eigenvalue weighted by atomic mass is 35.5. The van der Waals surface area contributed by atoms with E-state index in [0.29, 0.717) is 12.2 Å². The first-order chi connectivity index (χ1) is 9.73. The molecule has 1 rings (SSSR count). The van der Waals surface area contributed by atoms with Crippen molar-refractivity contribution in [1.82, 2.24) is 4.31 Å². The van der Waals surface area contributed by atoms with E-state index >= 15 is 0 Å². The van der Waals surface area contributed by atoms with Gasteiger partial charge in [-0.25, -0.2) is 8.42 Å². The Balaban J connectivity index is 3.28. The van der Waals surface area contributed by atoms with Gasteiger partial charge in [-0.1, -0.05) is 39.3 Å². The predicted octanol–water partition coefficient (Wildman–Crippen LogP) is 3.76. The maximum absolute atomic E-state index is 12.9. The molecule has 0 fully saturated rings. The topological polar surface area (TPSA) is 63.4 Å². The second-order valence-electron chi connectivity index (χ2n) is 5.62. The van der Waals surface area contributed by atoms with Crippen LogP contribution in [-0.4, -0.2) is 25.3 Å². The van der Waals surface area contributed by atoms with E-state index in [0.717, 1.165) is 12.8 Å². The van der Waals surface area contributed by atoms with Crippen molar-refractivity contribution in [3.8, 4) is 0 Å². The van der Waals surface area contributed by atoms with E-state index in [4.69, 9.17) is 17.3 Å². The summed E-state index contributed by atoms with van der Waals surface area (Å²) in [5.74, 6) is 0.254. The Labute approximate surface area is 133 Å². The molecule has 21 heavy (non-hydrogen) atoms. The van der Waals surface area contributed by atoms with Crippen molar-refractivity contribution < 1.29 is 8.42 Å². The predicted molar refractivity (Wildman–Crippen MR) is 89.0 cm³/mol. The number of nitrogens with two attached hydrogens (primary N) is 1. The molecule has 0 aliphatic carbocycles. The maximum Gasteiger partial charge on any atom is 0.243 e. The van der Waals surface area contributed by atoms with Gasteiger partial charge in [0.25, 0.3) is 0 Å².